The summed E-state index contributed by atoms with van der Waals surface area (Å²) in [6, 6.07) is 22.5. The van der Waals surface area contributed by atoms with Crippen molar-refractivity contribution in [3.05, 3.63) is 90.0 Å². The number of carbonyl (C=O) groups is 3. The number of benzene rings is 3. The SMILES string of the molecule is CCOc1ccccc1N1C(=O)[C@@H]2[C@@H](c3ccc(C(=O)OC)cc3)N(c3ccccc3)O[C@H]2C1=O. The molecular formula is C27H24N2O6. The fourth-order valence-electron chi connectivity index (χ4n) is 4.64. The van der Waals surface area contributed by atoms with E-state index in [1.807, 2.05) is 37.3 Å². The fourth-order valence-corrected chi connectivity index (χ4v) is 4.64. The molecular weight excluding hydrogens is 448 g/mol. The van der Waals surface area contributed by atoms with Crippen molar-refractivity contribution >= 4 is 29.2 Å². The molecule has 5 rings (SSSR count). The second-order valence-corrected chi connectivity index (χ2v) is 8.18. The first kappa shape index (κ1) is 22.6. The van der Waals surface area contributed by atoms with E-state index in [0.717, 1.165) is 5.56 Å². The van der Waals surface area contributed by atoms with Crippen LogP contribution in [0.4, 0.5) is 11.4 Å². The molecule has 3 atom stereocenters. The van der Waals surface area contributed by atoms with Crippen LogP contribution in [0.25, 0.3) is 0 Å². The lowest BCUT2D eigenvalue weighted by Gasteiger charge is -2.29. The van der Waals surface area contributed by atoms with Crippen molar-refractivity contribution in [3.63, 3.8) is 0 Å². The molecule has 0 radical (unpaired) electrons. The van der Waals surface area contributed by atoms with Crippen LogP contribution in [0.2, 0.25) is 0 Å². The number of imide groups is 1. The number of hydrogen-bond donors (Lipinski definition) is 0. The van der Waals surface area contributed by atoms with E-state index >= 15 is 0 Å². The topological polar surface area (TPSA) is 85.4 Å². The molecule has 0 saturated carbocycles. The first-order valence-corrected chi connectivity index (χ1v) is 11.3. The number of rotatable bonds is 6. The third kappa shape index (κ3) is 3.81. The van der Waals surface area contributed by atoms with Crippen LogP contribution in [0, 0.1) is 5.92 Å². The van der Waals surface area contributed by atoms with Gasteiger partial charge in [-0.05, 0) is 48.9 Å². The molecule has 2 heterocycles. The maximum absolute atomic E-state index is 13.8. The normalized spacial score (nSPS) is 21.3. The zero-order valence-electron chi connectivity index (χ0n) is 19.3. The zero-order chi connectivity index (χ0) is 24.5. The number of hydrogen-bond acceptors (Lipinski definition) is 7. The number of para-hydroxylation sites is 3. The van der Waals surface area contributed by atoms with Crippen molar-refractivity contribution in [3.8, 4) is 5.75 Å². The Hall–Kier alpha value is -4.17. The van der Waals surface area contributed by atoms with Crippen LogP contribution in [0.1, 0.15) is 28.9 Å². The summed E-state index contributed by atoms with van der Waals surface area (Å²) in [5.41, 5.74) is 2.23. The van der Waals surface area contributed by atoms with Crippen molar-refractivity contribution in [1.82, 2.24) is 0 Å². The Kier molecular flexibility index (Phi) is 5.96. The molecule has 178 valence electrons. The molecule has 2 fully saturated rings. The van der Waals surface area contributed by atoms with E-state index in [1.54, 1.807) is 53.6 Å². The molecule has 8 heteroatoms. The third-order valence-corrected chi connectivity index (χ3v) is 6.21. The van der Waals surface area contributed by atoms with Crippen molar-refractivity contribution in [2.24, 2.45) is 5.92 Å². The van der Waals surface area contributed by atoms with E-state index in [4.69, 9.17) is 14.3 Å². The van der Waals surface area contributed by atoms with Crippen LogP contribution in [-0.4, -0.2) is 37.6 Å². The summed E-state index contributed by atoms with van der Waals surface area (Å²) >= 11 is 0. The standard InChI is InChI=1S/C27H24N2O6/c1-3-34-21-12-8-7-11-20(21)28-25(30)22-23(17-13-15-18(16-14-17)27(32)33-2)29(35-24(22)26(28)31)19-9-5-4-6-10-19/h4-16,22-24H,3H2,1-2H3/t22-,23-,24-/m1/s1. The molecule has 8 nitrogen and oxygen atoms in total. The van der Waals surface area contributed by atoms with Gasteiger partial charge in [0.2, 0.25) is 5.91 Å². The molecule has 3 aromatic carbocycles. The molecule has 0 aliphatic carbocycles. The molecule has 0 unspecified atom stereocenters. The van der Waals surface area contributed by atoms with Crippen LogP contribution in [0.5, 0.6) is 5.75 Å². The van der Waals surface area contributed by atoms with Crippen LogP contribution >= 0.6 is 0 Å². The van der Waals surface area contributed by atoms with Gasteiger partial charge in [0, 0.05) is 0 Å². The largest absolute Gasteiger partial charge is 0.492 e. The molecule has 3 aromatic rings. The number of hydroxylamine groups is 1. The molecule has 2 amide bonds. The molecule has 2 aliphatic rings. The number of esters is 1. The quantitative estimate of drug-likeness (QED) is 0.397. The van der Waals surface area contributed by atoms with Crippen molar-refractivity contribution in [2.45, 2.75) is 19.1 Å². The van der Waals surface area contributed by atoms with E-state index in [0.29, 0.717) is 29.3 Å². The Morgan fingerprint density at radius 1 is 0.914 bits per heavy atom. The zero-order valence-corrected chi connectivity index (χ0v) is 19.3. The molecule has 0 spiro atoms. The van der Waals surface area contributed by atoms with Crippen LogP contribution < -0.4 is 14.7 Å². The van der Waals surface area contributed by atoms with Crippen LogP contribution in [0.15, 0.2) is 78.9 Å². The van der Waals surface area contributed by atoms with Gasteiger partial charge < -0.3 is 9.47 Å². The van der Waals surface area contributed by atoms with Gasteiger partial charge in [0.15, 0.2) is 6.10 Å². The van der Waals surface area contributed by atoms with E-state index in [9.17, 15) is 14.4 Å². The minimum Gasteiger partial charge on any atom is -0.492 e. The van der Waals surface area contributed by atoms with Gasteiger partial charge in [-0.25, -0.2) is 14.8 Å². The van der Waals surface area contributed by atoms with Crippen molar-refractivity contribution in [2.75, 3.05) is 23.7 Å². The van der Waals surface area contributed by atoms with Gasteiger partial charge in [0.1, 0.15) is 11.7 Å². The number of methoxy groups -OCH3 is 1. The molecule has 35 heavy (non-hydrogen) atoms. The van der Waals surface area contributed by atoms with Crippen molar-refractivity contribution in [1.29, 1.82) is 0 Å². The minimum absolute atomic E-state index is 0.368. The fraction of sp³-hybridized carbons (Fsp3) is 0.222. The summed E-state index contributed by atoms with van der Waals surface area (Å²) in [7, 11) is 1.32. The monoisotopic (exact) mass is 472 g/mol. The second kappa shape index (κ2) is 9.23. The molecule has 0 bridgehead atoms. The summed E-state index contributed by atoms with van der Waals surface area (Å²) in [6.07, 6.45) is -0.998. The first-order chi connectivity index (χ1) is 17.0. The molecule has 0 aromatic heterocycles. The number of fused-ring (bicyclic) bond motifs is 1. The number of ether oxygens (including phenoxy) is 2. The Morgan fingerprint density at radius 3 is 2.29 bits per heavy atom. The van der Waals surface area contributed by atoms with E-state index < -0.39 is 29.9 Å². The summed E-state index contributed by atoms with van der Waals surface area (Å²) < 4.78 is 10.5. The Bertz CT molecular complexity index is 1260. The van der Waals surface area contributed by atoms with Gasteiger partial charge in [-0.15, -0.1) is 0 Å². The summed E-state index contributed by atoms with van der Waals surface area (Å²) in [6.45, 7) is 2.24. The smallest absolute Gasteiger partial charge is 0.337 e. The average molecular weight is 472 g/mol. The maximum Gasteiger partial charge on any atom is 0.337 e. The van der Waals surface area contributed by atoms with Gasteiger partial charge >= 0.3 is 5.97 Å². The highest BCUT2D eigenvalue weighted by Gasteiger charge is 2.60. The first-order valence-electron chi connectivity index (χ1n) is 11.3. The van der Waals surface area contributed by atoms with Gasteiger partial charge in [0.25, 0.3) is 5.91 Å². The van der Waals surface area contributed by atoms with Gasteiger partial charge in [-0.2, -0.15) is 0 Å². The highest BCUT2D eigenvalue weighted by atomic mass is 16.7. The van der Waals surface area contributed by atoms with Crippen LogP contribution in [0.3, 0.4) is 0 Å². The number of nitrogens with zero attached hydrogens (tertiary/aromatic N) is 2. The molecule has 0 N–H and O–H groups in total. The molecule has 2 aliphatic heterocycles. The van der Waals surface area contributed by atoms with Gasteiger partial charge in [0.05, 0.1) is 36.7 Å². The lowest BCUT2D eigenvalue weighted by atomic mass is 9.90. The maximum atomic E-state index is 13.8. The average Bonchev–Trinajstić information content (AvgIpc) is 3.40. The highest BCUT2D eigenvalue weighted by molar-refractivity contribution is 6.24. The number of carbonyl (C=O) groups excluding carboxylic acids is 3. The second-order valence-electron chi connectivity index (χ2n) is 8.18. The van der Waals surface area contributed by atoms with Gasteiger partial charge in [-0.1, -0.05) is 42.5 Å². The highest BCUT2D eigenvalue weighted by Crippen LogP contribution is 2.48. The summed E-state index contributed by atoms with van der Waals surface area (Å²) in [4.78, 5) is 46.6. The van der Waals surface area contributed by atoms with Crippen LogP contribution in [-0.2, 0) is 19.2 Å². The van der Waals surface area contributed by atoms with Crippen molar-refractivity contribution < 1.29 is 28.7 Å². The predicted molar refractivity (Wildman–Crippen MR) is 128 cm³/mol. The lowest BCUT2D eigenvalue weighted by molar-refractivity contribution is -0.126. The lowest BCUT2D eigenvalue weighted by Crippen LogP contribution is -2.37. The summed E-state index contributed by atoms with van der Waals surface area (Å²) in [5, 5.41) is 1.62. The Morgan fingerprint density at radius 2 is 1.60 bits per heavy atom. The van der Waals surface area contributed by atoms with E-state index in [2.05, 4.69) is 0 Å². The Labute approximate surface area is 202 Å². The number of amides is 2. The van der Waals surface area contributed by atoms with Gasteiger partial charge in [-0.3, -0.25) is 14.4 Å². The Balaban J connectivity index is 1.56. The minimum atomic E-state index is -0.998. The van der Waals surface area contributed by atoms with E-state index in [-0.39, 0.29) is 5.91 Å². The third-order valence-electron chi connectivity index (χ3n) is 6.21. The van der Waals surface area contributed by atoms with E-state index in [1.165, 1.54) is 12.0 Å². The number of anilines is 2. The molecule has 2 saturated heterocycles. The predicted octanol–water partition coefficient (Wildman–Crippen LogP) is 3.92. The summed E-state index contributed by atoms with van der Waals surface area (Å²) in [5.74, 6) is -1.60.